The van der Waals surface area contributed by atoms with Gasteiger partial charge in [0, 0.05) is 6.20 Å². The minimum absolute atomic E-state index is 0.307. The van der Waals surface area contributed by atoms with Gasteiger partial charge in [-0.2, -0.15) is 10.5 Å². The number of nitrogens with zero attached hydrogens (tertiary/aromatic N) is 4. The Morgan fingerprint density at radius 3 is 3.00 bits per heavy atom. The molecule has 2 aliphatic rings. The van der Waals surface area contributed by atoms with Gasteiger partial charge in [0.05, 0.1) is 12.6 Å². The molecule has 4 heteroatoms. The molecule has 0 spiro atoms. The number of fused-ring (bicyclic) bond motifs is 1. The Kier molecular flexibility index (Phi) is 1.28. The lowest BCUT2D eigenvalue weighted by molar-refractivity contribution is 0.116. The molecule has 0 saturated heterocycles. The van der Waals surface area contributed by atoms with E-state index < -0.39 is 0 Å². The van der Waals surface area contributed by atoms with Crippen LogP contribution >= 0.6 is 0 Å². The van der Waals surface area contributed by atoms with Crippen molar-refractivity contribution in [2.24, 2.45) is 0 Å². The normalized spacial score (nSPS) is 24.8. The second kappa shape index (κ2) is 2.28. The summed E-state index contributed by atoms with van der Waals surface area (Å²) in [5, 5.41) is 21.0. The van der Waals surface area contributed by atoms with Crippen molar-refractivity contribution >= 4 is 0 Å². The second-order valence-electron chi connectivity index (χ2n) is 2.58. The van der Waals surface area contributed by atoms with Gasteiger partial charge in [0.25, 0.3) is 0 Å². The van der Waals surface area contributed by atoms with Crippen LogP contribution in [0.5, 0.6) is 0 Å². The zero-order valence-corrected chi connectivity index (χ0v) is 6.31. The van der Waals surface area contributed by atoms with E-state index in [1.165, 1.54) is 0 Å². The molecule has 0 aliphatic carbocycles. The van der Waals surface area contributed by atoms with E-state index in [2.05, 4.69) is 12.1 Å². The van der Waals surface area contributed by atoms with Crippen LogP contribution in [0.4, 0.5) is 0 Å². The molecule has 0 radical (unpaired) electrons. The van der Waals surface area contributed by atoms with E-state index >= 15 is 0 Å². The number of hydrogen-bond donors (Lipinski definition) is 0. The quantitative estimate of drug-likeness (QED) is 0.510. The number of hydrogen-bond acceptors (Lipinski definition) is 4. The minimum atomic E-state index is -0.307. The van der Waals surface area contributed by atoms with Crippen LogP contribution in [0.3, 0.4) is 0 Å². The highest BCUT2D eigenvalue weighted by atomic mass is 15.7. The van der Waals surface area contributed by atoms with E-state index in [1.54, 1.807) is 16.1 Å². The van der Waals surface area contributed by atoms with Crippen LogP contribution in [-0.2, 0) is 0 Å². The Morgan fingerprint density at radius 1 is 1.50 bits per heavy atom. The van der Waals surface area contributed by atoms with Gasteiger partial charge in [-0.1, -0.05) is 0 Å². The summed E-state index contributed by atoms with van der Waals surface area (Å²) in [6.07, 6.45) is 5.42. The molecule has 2 heterocycles. The van der Waals surface area contributed by atoms with E-state index in [0.717, 1.165) is 0 Å². The average Bonchev–Trinajstić information content (AvgIpc) is 2.63. The first-order chi connectivity index (χ1) is 5.86. The van der Waals surface area contributed by atoms with Gasteiger partial charge in [-0.3, -0.25) is 10.0 Å². The van der Waals surface area contributed by atoms with Crippen LogP contribution in [0.2, 0.25) is 0 Å². The first-order valence-electron chi connectivity index (χ1n) is 3.61. The summed E-state index contributed by atoms with van der Waals surface area (Å²) in [5.41, 5.74) is 0.562. The summed E-state index contributed by atoms with van der Waals surface area (Å²) in [7, 11) is 0. The monoisotopic (exact) mass is 158 g/mol. The molecule has 0 fully saturated rings. The van der Waals surface area contributed by atoms with Gasteiger partial charge in [0.15, 0.2) is 6.04 Å². The van der Waals surface area contributed by atoms with Gasteiger partial charge in [-0.05, 0) is 12.2 Å². The molecule has 0 aromatic heterocycles. The van der Waals surface area contributed by atoms with Crippen molar-refractivity contribution in [3.63, 3.8) is 0 Å². The maximum atomic E-state index is 8.72. The lowest BCUT2D eigenvalue weighted by atomic mass is 10.3. The fourth-order valence-electron chi connectivity index (χ4n) is 1.40. The van der Waals surface area contributed by atoms with Crippen molar-refractivity contribution in [2.75, 3.05) is 6.54 Å². The van der Waals surface area contributed by atoms with Crippen LogP contribution in [0.15, 0.2) is 24.0 Å². The van der Waals surface area contributed by atoms with Gasteiger partial charge in [-0.25, -0.2) is 0 Å². The first-order valence-corrected chi connectivity index (χ1v) is 3.61. The van der Waals surface area contributed by atoms with Gasteiger partial charge >= 0.3 is 0 Å². The predicted molar refractivity (Wildman–Crippen MR) is 40.8 cm³/mol. The average molecular weight is 158 g/mol. The Bertz CT molecular complexity index is 341. The van der Waals surface area contributed by atoms with E-state index in [4.69, 9.17) is 10.5 Å². The number of nitriles is 2. The summed E-state index contributed by atoms with van der Waals surface area (Å²) in [6, 6.07) is 3.85. The smallest absolute Gasteiger partial charge is 0.157 e. The Morgan fingerprint density at radius 2 is 2.33 bits per heavy atom. The summed E-state index contributed by atoms with van der Waals surface area (Å²) < 4.78 is 0. The van der Waals surface area contributed by atoms with Gasteiger partial charge in [0.2, 0.25) is 0 Å². The molecule has 1 atom stereocenters. The van der Waals surface area contributed by atoms with Crippen molar-refractivity contribution in [3.05, 3.63) is 24.0 Å². The molecule has 0 bridgehead atoms. The van der Waals surface area contributed by atoms with E-state index in [1.807, 2.05) is 12.3 Å². The standard InChI is InChI=1S/C8H6N4/c9-5-7-4-8(6-10)12-3-1-2-11(7)12/h1-2,4,7H,3H2. The van der Waals surface area contributed by atoms with Crippen LogP contribution < -0.4 is 0 Å². The summed E-state index contributed by atoms with van der Waals surface area (Å²) in [4.78, 5) is 0. The van der Waals surface area contributed by atoms with Crippen LogP contribution in [-0.4, -0.2) is 22.6 Å². The van der Waals surface area contributed by atoms with Gasteiger partial charge in [-0.15, -0.1) is 0 Å². The molecule has 12 heavy (non-hydrogen) atoms. The first kappa shape index (κ1) is 6.75. The molecule has 0 aromatic rings. The highest BCUT2D eigenvalue weighted by molar-refractivity contribution is 5.32. The maximum Gasteiger partial charge on any atom is 0.157 e. The highest BCUT2D eigenvalue weighted by Gasteiger charge is 2.31. The van der Waals surface area contributed by atoms with Gasteiger partial charge in [0.1, 0.15) is 11.8 Å². The van der Waals surface area contributed by atoms with Crippen molar-refractivity contribution in [1.29, 1.82) is 10.5 Å². The number of rotatable bonds is 0. The largest absolute Gasteiger partial charge is 0.271 e. The highest BCUT2D eigenvalue weighted by Crippen LogP contribution is 2.25. The minimum Gasteiger partial charge on any atom is -0.271 e. The SMILES string of the molecule is N#CC1=CC(C#N)N2C=CCN12. The van der Waals surface area contributed by atoms with E-state index in [0.29, 0.717) is 12.2 Å². The molecular formula is C8H6N4. The number of allylic oxidation sites excluding steroid dienone is 1. The molecule has 4 nitrogen and oxygen atoms in total. The third-order valence-corrected chi connectivity index (χ3v) is 1.94. The molecule has 2 aliphatic heterocycles. The second-order valence-corrected chi connectivity index (χ2v) is 2.58. The summed E-state index contributed by atoms with van der Waals surface area (Å²) in [6.45, 7) is 0.692. The molecule has 2 rings (SSSR count). The maximum absolute atomic E-state index is 8.72. The Hall–Kier alpha value is -1.94. The Balaban J connectivity index is 2.33. The number of hydrazine groups is 1. The summed E-state index contributed by atoms with van der Waals surface area (Å²) >= 11 is 0. The summed E-state index contributed by atoms with van der Waals surface area (Å²) in [5.74, 6) is 0. The van der Waals surface area contributed by atoms with E-state index in [-0.39, 0.29) is 6.04 Å². The fraction of sp³-hybridized carbons (Fsp3) is 0.250. The topological polar surface area (TPSA) is 54.1 Å². The van der Waals surface area contributed by atoms with Crippen molar-refractivity contribution in [2.45, 2.75) is 6.04 Å². The Labute approximate surface area is 70.2 Å². The third kappa shape index (κ3) is 0.694. The molecule has 0 saturated carbocycles. The van der Waals surface area contributed by atoms with E-state index in [9.17, 15) is 0 Å². The molecule has 1 unspecified atom stereocenters. The molecule has 0 N–H and O–H groups in total. The van der Waals surface area contributed by atoms with Crippen LogP contribution in [0.1, 0.15) is 0 Å². The lowest BCUT2D eigenvalue weighted by Gasteiger charge is -2.24. The third-order valence-electron chi connectivity index (χ3n) is 1.94. The zero-order valence-electron chi connectivity index (χ0n) is 6.31. The van der Waals surface area contributed by atoms with Gasteiger partial charge < -0.3 is 0 Å². The predicted octanol–water partition coefficient (Wildman–Crippen LogP) is 0.346. The zero-order chi connectivity index (χ0) is 8.55. The van der Waals surface area contributed by atoms with Crippen molar-refractivity contribution in [3.8, 4) is 12.1 Å². The fourth-order valence-corrected chi connectivity index (χ4v) is 1.40. The molecule has 0 amide bonds. The molecule has 0 aromatic carbocycles. The van der Waals surface area contributed by atoms with Crippen LogP contribution in [0.25, 0.3) is 0 Å². The lowest BCUT2D eigenvalue weighted by Crippen LogP contribution is -2.33. The molecular weight excluding hydrogens is 152 g/mol. The molecule has 58 valence electrons. The van der Waals surface area contributed by atoms with Crippen molar-refractivity contribution in [1.82, 2.24) is 10.0 Å². The van der Waals surface area contributed by atoms with Crippen LogP contribution in [0, 0.1) is 22.7 Å². The van der Waals surface area contributed by atoms with Crippen molar-refractivity contribution < 1.29 is 0 Å².